The summed E-state index contributed by atoms with van der Waals surface area (Å²) >= 11 is 5.69. The maximum atomic E-state index is 13.8. The number of aromatic nitrogens is 2. The van der Waals surface area contributed by atoms with Gasteiger partial charge in [0.2, 0.25) is 5.91 Å². The Morgan fingerprint density at radius 2 is 1.81 bits per heavy atom. The second-order valence-electron chi connectivity index (χ2n) is 11.4. The first-order valence-electron chi connectivity index (χ1n) is 13.7. The smallest absolute Gasteiger partial charge is 0.358 e. The number of halogens is 3. The van der Waals surface area contributed by atoms with E-state index < -0.39 is 23.3 Å². The van der Waals surface area contributed by atoms with E-state index in [0.29, 0.717) is 16.4 Å². The Balaban J connectivity index is 1.84. The van der Waals surface area contributed by atoms with Crippen molar-refractivity contribution < 1.29 is 18.0 Å². The lowest BCUT2D eigenvalue weighted by atomic mass is 9.97. The summed E-state index contributed by atoms with van der Waals surface area (Å²) in [7, 11) is 0. The van der Waals surface area contributed by atoms with E-state index >= 15 is 0 Å². The molecule has 3 aromatic rings. The first kappa shape index (κ1) is 32.6. The highest BCUT2D eigenvalue weighted by Gasteiger charge is 2.34. The number of nitrogens with zero attached hydrogens (tertiary/aromatic N) is 4. The Bertz CT molecular complexity index is 1410. The van der Waals surface area contributed by atoms with Gasteiger partial charge in [0.15, 0.2) is 5.11 Å². The van der Waals surface area contributed by atoms with Crippen molar-refractivity contribution in [1.29, 1.82) is 5.26 Å². The second-order valence-corrected chi connectivity index (χ2v) is 11.8. The zero-order valence-electron chi connectivity index (χ0n) is 24.5. The minimum absolute atomic E-state index is 0.00943. The molecule has 0 saturated heterocycles. The summed E-state index contributed by atoms with van der Waals surface area (Å²) < 4.78 is 43.2. The minimum atomic E-state index is -4.51. The zero-order valence-corrected chi connectivity index (χ0v) is 25.3. The number of imidazole rings is 1. The highest BCUT2D eigenvalue weighted by molar-refractivity contribution is 7.80. The van der Waals surface area contributed by atoms with Crippen LogP contribution in [0.1, 0.15) is 63.4 Å². The number of thiocarbonyl (C=S) groups is 1. The number of carbonyl (C=O) groups is 1. The lowest BCUT2D eigenvalue weighted by molar-refractivity contribution is -0.138. The molecule has 2 atom stereocenters. The fourth-order valence-corrected chi connectivity index (χ4v) is 4.90. The van der Waals surface area contributed by atoms with Gasteiger partial charge in [0.25, 0.3) is 0 Å². The van der Waals surface area contributed by atoms with Crippen molar-refractivity contribution in [2.45, 2.75) is 71.8 Å². The normalized spacial score (nSPS) is 13.1. The van der Waals surface area contributed by atoms with Gasteiger partial charge < -0.3 is 20.1 Å². The summed E-state index contributed by atoms with van der Waals surface area (Å²) in [6.07, 6.45) is -0.524. The van der Waals surface area contributed by atoms with Crippen molar-refractivity contribution in [1.82, 2.24) is 25.1 Å². The third-order valence-electron chi connectivity index (χ3n) is 6.88. The van der Waals surface area contributed by atoms with E-state index in [4.69, 9.17) is 17.5 Å². The van der Waals surface area contributed by atoms with E-state index in [9.17, 15) is 18.0 Å². The monoisotopic (exact) mass is 598 g/mol. The molecule has 0 fully saturated rings. The second kappa shape index (κ2) is 13.8. The molecule has 42 heavy (non-hydrogen) atoms. The van der Waals surface area contributed by atoms with Crippen molar-refractivity contribution >= 4 is 23.2 Å². The summed E-state index contributed by atoms with van der Waals surface area (Å²) in [5.41, 5.74) is 0.910. The largest absolute Gasteiger partial charge is 0.416 e. The molecular formula is C31H37F3N6OS. The van der Waals surface area contributed by atoms with Gasteiger partial charge in [-0.1, -0.05) is 38.5 Å². The molecule has 0 aliphatic heterocycles. The predicted octanol–water partition coefficient (Wildman–Crippen LogP) is 6.01. The summed E-state index contributed by atoms with van der Waals surface area (Å²) in [5.74, 6) is -0.240. The topological polar surface area (TPSA) is 86.0 Å². The number of carbonyl (C=O) groups excluding carboxylic acids is 1. The van der Waals surface area contributed by atoms with Crippen LogP contribution in [-0.4, -0.2) is 43.6 Å². The molecule has 0 radical (unpaired) electrons. The number of alkyl halides is 3. The molecule has 224 valence electrons. The number of benzene rings is 2. The number of rotatable bonds is 10. The van der Waals surface area contributed by atoms with Gasteiger partial charge in [-0.15, -0.1) is 0 Å². The van der Waals surface area contributed by atoms with E-state index in [2.05, 4.69) is 21.7 Å². The Labute approximate surface area is 250 Å². The number of hydrogen-bond donors (Lipinski definition) is 2. The van der Waals surface area contributed by atoms with Gasteiger partial charge in [0.1, 0.15) is 0 Å². The molecule has 2 N–H and O–H groups in total. The molecule has 0 bridgehead atoms. The maximum absolute atomic E-state index is 13.8. The van der Waals surface area contributed by atoms with Gasteiger partial charge in [-0.25, -0.2) is 4.98 Å². The molecule has 1 amide bonds. The van der Waals surface area contributed by atoms with E-state index in [1.54, 1.807) is 52.3 Å². The quantitative estimate of drug-likeness (QED) is 0.278. The van der Waals surface area contributed by atoms with E-state index in [-0.39, 0.29) is 36.9 Å². The van der Waals surface area contributed by atoms with E-state index in [0.717, 1.165) is 18.2 Å². The summed E-state index contributed by atoms with van der Waals surface area (Å²) in [6, 6.07) is 14.1. The SMILES string of the molecule is CCC(C)C(CN(Cc1ccccc1C(F)(F)F)C(=S)NC(C)(C)C)NC(=O)Cc1cncn1-c1ccc(C#N)cc1. The molecule has 2 unspecified atom stereocenters. The van der Waals surface area contributed by atoms with Crippen LogP contribution in [0.3, 0.4) is 0 Å². The van der Waals surface area contributed by atoms with Crippen molar-refractivity contribution in [3.05, 3.63) is 83.4 Å². The summed E-state index contributed by atoms with van der Waals surface area (Å²) in [4.78, 5) is 19.2. The Morgan fingerprint density at radius 3 is 2.40 bits per heavy atom. The summed E-state index contributed by atoms with van der Waals surface area (Å²) in [5, 5.41) is 15.7. The summed E-state index contributed by atoms with van der Waals surface area (Å²) in [6.45, 7) is 9.90. The highest BCUT2D eigenvalue weighted by atomic mass is 32.1. The molecule has 0 aliphatic rings. The van der Waals surface area contributed by atoms with Crippen LogP contribution in [0.4, 0.5) is 13.2 Å². The molecule has 7 nitrogen and oxygen atoms in total. The molecule has 3 rings (SSSR count). The highest BCUT2D eigenvalue weighted by Crippen LogP contribution is 2.32. The fourth-order valence-electron chi connectivity index (χ4n) is 4.45. The molecule has 0 spiro atoms. The zero-order chi connectivity index (χ0) is 31.1. The van der Waals surface area contributed by atoms with Crippen LogP contribution in [-0.2, 0) is 23.9 Å². The lowest BCUT2D eigenvalue weighted by Crippen LogP contribution is -2.54. The first-order valence-corrected chi connectivity index (χ1v) is 14.2. The lowest BCUT2D eigenvalue weighted by Gasteiger charge is -2.36. The van der Waals surface area contributed by atoms with Crippen molar-refractivity contribution in [3.8, 4) is 11.8 Å². The van der Waals surface area contributed by atoms with Crippen LogP contribution in [0.15, 0.2) is 61.1 Å². The Kier molecular flexibility index (Phi) is 10.7. The van der Waals surface area contributed by atoms with Crippen molar-refractivity contribution in [2.24, 2.45) is 5.92 Å². The van der Waals surface area contributed by atoms with Crippen LogP contribution < -0.4 is 10.6 Å². The van der Waals surface area contributed by atoms with Crippen LogP contribution in [0.2, 0.25) is 0 Å². The van der Waals surface area contributed by atoms with Gasteiger partial charge in [-0.05, 0) is 74.8 Å². The number of hydrogen-bond acceptors (Lipinski definition) is 4. The van der Waals surface area contributed by atoms with Gasteiger partial charge in [-0.3, -0.25) is 4.79 Å². The third kappa shape index (κ3) is 9.05. The molecule has 1 heterocycles. The number of nitriles is 1. The van der Waals surface area contributed by atoms with E-state index in [1.165, 1.54) is 12.1 Å². The standard InChI is InChI=1S/C31H37F3N6OS/c1-6-21(2)27(37-28(41)15-25-17-36-20-40(25)24-13-11-22(16-35)12-14-24)19-39(29(42)38-30(3,4)5)18-23-9-7-8-10-26(23)31(32,33)34/h7-14,17,20-21,27H,6,15,18-19H2,1-5H3,(H,37,41)(H,38,42). The van der Waals surface area contributed by atoms with Crippen LogP contribution in [0, 0.1) is 17.2 Å². The van der Waals surface area contributed by atoms with Crippen LogP contribution in [0.5, 0.6) is 0 Å². The average molecular weight is 599 g/mol. The molecule has 0 aliphatic carbocycles. The van der Waals surface area contributed by atoms with Gasteiger partial charge in [0.05, 0.1) is 35.6 Å². The number of nitrogens with one attached hydrogen (secondary N) is 2. The third-order valence-corrected chi connectivity index (χ3v) is 7.24. The number of amides is 1. The Hall–Kier alpha value is -3.91. The van der Waals surface area contributed by atoms with E-state index in [1.807, 2.05) is 34.6 Å². The van der Waals surface area contributed by atoms with Crippen LogP contribution >= 0.6 is 12.2 Å². The maximum Gasteiger partial charge on any atom is 0.416 e. The van der Waals surface area contributed by atoms with Gasteiger partial charge >= 0.3 is 6.18 Å². The minimum Gasteiger partial charge on any atom is -0.358 e. The van der Waals surface area contributed by atoms with Crippen molar-refractivity contribution in [3.63, 3.8) is 0 Å². The van der Waals surface area contributed by atoms with Gasteiger partial charge in [0, 0.05) is 36.6 Å². The Morgan fingerprint density at radius 1 is 1.14 bits per heavy atom. The fraction of sp³-hybridized carbons (Fsp3) is 0.419. The molecule has 11 heteroatoms. The molecule has 0 saturated carbocycles. The molecule has 2 aromatic carbocycles. The predicted molar refractivity (Wildman–Crippen MR) is 161 cm³/mol. The van der Waals surface area contributed by atoms with Gasteiger partial charge in [-0.2, -0.15) is 18.4 Å². The first-order chi connectivity index (χ1) is 19.7. The van der Waals surface area contributed by atoms with Crippen molar-refractivity contribution in [2.75, 3.05) is 6.54 Å². The average Bonchev–Trinajstić information content (AvgIpc) is 3.38. The molecular weight excluding hydrogens is 561 g/mol. The van der Waals surface area contributed by atoms with Crippen LogP contribution in [0.25, 0.3) is 5.69 Å². The molecule has 1 aromatic heterocycles.